The summed E-state index contributed by atoms with van der Waals surface area (Å²) in [6.45, 7) is 0.618. The molecule has 2 atom stereocenters. The molecule has 44 heavy (non-hydrogen) atoms. The Morgan fingerprint density at radius 3 is 2.45 bits per heavy atom. The number of nitrogens with zero attached hydrogens (tertiary/aromatic N) is 5. The Balaban J connectivity index is 0.977. The third-order valence-corrected chi connectivity index (χ3v) is 12.4. The summed E-state index contributed by atoms with van der Waals surface area (Å²) in [5.74, 6) is 0.560. The van der Waals surface area contributed by atoms with Gasteiger partial charge in [-0.25, -0.2) is 23.1 Å². The third kappa shape index (κ3) is 5.26. The predicted octanol–water partition coefficient (Wildman–Crippen LogP) is 5.44. The van der Waals surface area contributed by atoms with Crippen LogP contribution in [0.15, 0.2) is 28.9 Å². The summed E-state index contributed by atoms with van der Waals surface area (Å²) in [6.07, 6.45) is 8.65. The second kappa shape index (κ2) is 10.9. The largest absolute Gasteiger partial charge is 0.360 e. The number of hydrogen-bond acceptors (Lipinski definition) is 11. The van der Waals surface area contributed by atoms with Gasteiger partial charge in [-0.2, -0.15) is 4.98 Å². The maximum absolute atomic E-state index is 12.6. The van der Waals surface area contributed by atoms with Gasteiger partial charge in [0.05, 0.1) is 21.5 Å². The number of aromatic nitrogens is 4. The highest BCUT2D eigenvalue weighted by molar-refractivity contribution is 7.91. The minimum atomic E-state index is -3.67. The van der Waals surface area contributed by atoms with Gasteiger partial charge in [-0.1, -0.05) is 45.8 Å². The van der Waals surface area contributed by atoms with Crippen LogP contribution in [-0.2, 0) is 16.6 Å². The van der Waals surface area contributed by atoms with Crippen molar-refractivity contribution in [2.75, 3.05) is 4.90 Å². The second-order valence-electron chi connectivity index (χ2n) is 12.1. The molecular weight excluding hydrogens is 645 g/mol. The molecule has 15 heteroatoms. The van der Waals surface area contributed by atoms with Gasteiger partial charge < -0.3 is 14.7 Å². The fourth-order valence-electron chi connectivity index (χ4n) is 6.56. The van der Waals surface area contributed by atoms with Crippen molar-refractivity contribution in [3.05, 3.63) is 51.5 Å². The van der Waals surface area contributed by atoms with Crippen molar-refractivity contribution in [3.8, 4) is 11.3 Å². The third-order valence-electron chi connectivity index (χ3n) is 9.03. The molecule has 230 valence electrons. The van der Waals surface area contributed by atoms with Gasteiger partial charge in [0, 0.05) is 41.7 Å². The summed E-state index contributed by atoms with van der Waals surface area (Å²) in [4.78, 5) is 29.0. The number of halogens is 2. The number of anilines is 1. The number of carbonyl (C=O) groups excluding carboxylic acids is 1. The van der Waals surface area contributed by atoms with Crippen LogP contribution in [0.2, 0.25) is 10.0 Å². The Bertz CT molecular complexity index is 1860. The van der Waals surface area contributed by atoms with E-state index in [-0.39, 0.29) is 5.69 Å². The van der Waals surface area contributed by atoms with Crippen LogP contribution in [0.25, 0.3) is 21.7 Å². The van der Waals surface area contributed by atoms with Crippen molar-refractivity contribution in [2.24, 2.45) is 0 Å². The van der Waals surface area contributed by atoms with Crippen molar-refractivity contribution in [1.82, 2.24) is 30.1 Å². The molecule has 0 radical (unpaired) electrons. The highest BCUT2D eigenvalue weighted by Crippen LogP contribution is 2.46. The van der Waals surface area contributed by atoms with Gasteiger partial charge in [-0.05, 0) is 63.5 Å². The van der Waals surface area contributed by atoms with Crippen molar-refractivity contribution in [3.63, 3.8) is 0 Å². The molecule has 4 fully saturated rings. The molecule has 2 bridgehead atoms. The predicted molar refractivity (Wildman–Crippen MR) is 168 cm³/mol. The molecule has 1 aromatic carbocycles. The summed E-state index contributed by atoms with van der Waals surface area (Å²) >= 11 is 14.5. The molecule has 3 aromatic heterocycles. The first kappa shape index (κ1) is 28.6. The normalized spacial score (nSPS) is 23.4. The van der Waals surface area contributed by atoms with Crippen LogP contribution in [-0.4, -0.2) is 57.8 Å². The first-order valence-electron chi connectivity index (χ1n) is 14.9. The van der Waals surface area contributed by atoms with Crippen LogP contribution < -0.4 is 14.9 Å². The van der Waals surface area contributed by atoms with Crippen molar-refractivity contribution >= 4 is 66.1 Å². The van der Waals surface area contributed by atoms with Gasteiger partial charge >= 0.3 is 0 Å². The summed E-state index contributed by atoms with van der Waals surface area (Å²) in [6, 6.07) is 6.38. The van der Waals surface area contributed by atoms with Crippen LogP contribution in [0, 0.1) is 0 Å². The number of rotatable bonds is 9. The standard InChI is InChI=1S/C29H29Cl2N7O4S2/c30-20-2-1-3-21(31)23(20)24-19(25(42-36-24)14-4-5-14)12-32-15-10-16-6-7-17(11-15)38(16)29-35-26-28(43-29)34-22(13-33-26)27(39)37-44(40,41)18-8-9-18/h1-3,13-18,32H,4-12H2,(H,37,39). The fraction of sp³-hybridized carbons (Fsp3) is 0.483. The Hall–Kier alpha value is -2.84. The quantitative estimate of drug-likeness (QED) is 0.236. The molecule has 0 spiro atoms. The Morgan fingerprint density at radius 2 is 1.77 bits per heavy atom. The summed E-state index contributed by atoms with van der Waals surface area (Å²) < 4.78 is 32.4. The molecule has 2 aliphatic carbocycles. The van der Waals surface area contributed by atoms with Crippen LogP contribution in [0.1, 0.15) is 79.1 Å². The number of nitrogens with one attached hydrogen (secondary N) is 2. The summed E-state index contributed by atoms with van der Waals surface area (Å²) in [5, 5.41) is 9.67. The van der Waals surface area contributed by atoms with Crippen LogP contribution in [0.4, 0.5) is 5.13 Å². The van der Waals surface area contributed by atoms with Gasteiger partial charge in [0.15, 0.2) is 15.6 Å². The molecule has 2 N–H and O–H groups in total. The lowest BCUT2D eigenvalue weighted by molar-refractivity contribution is 0.0976. The molecular formula is C29H29Cl2N7O4S2. The smallest absolute Gasteiger partial charge is 0.284 e. The van der Waals surface area contributed by atoms with Gasteiger partial charge in [0.25, 0.3) is 5.91 Å². The highest BCUT2D eigenvalue weighted by Gasteiger charge is 2.43. The van der Waals surface area contributed by atoms with Gasteiger partial charge in [-0.15, -0.1) is 0 Å². The van der Waals surface area contributed by atoms with E-state index >= 15 is 0 Å². The van der Waals surface area contributed by atoms with E-state index in [0.717, 1.165) is 55.0 Å². The van der Waals surface area contributed by atoms with Crippen molar-refractivity contribution in [1.29, 1.82) is 0 Å². The van der Waals surface area contributed by atoms with Gasteiger partial charge in [0.1, 0.15) is 17.1 Å². The zero-order chi connectivity index (χ0) is 30.2. The van der Waals surface area contributed by atoms with Gasteiger partial charge in [-0.3, -0.25) is 4.79 Å². The van der Waals surface area contributed by atoms with E-state index < -0.39 is 21.2 Å². The van der Waals surface area contributed by atoms with E-state index in [1.54, 1.807) is 0 Å². The zero-order valence-electron chi connectivity index (χ0n) is 23.5. The first-order valence-corrected chi connectivity index (χ1v) is 18.0. The Morgan fingerprint density at radius 1 is 1.05 bits per heavy atom. The van der Waals surface area contributed by atoms with Crippen LogP contribution >= 0.6 is 34.5 Å². The molecule has 8 rings (SSSR count). The topological polar surface area (TPSA) is 143 Å². The lowest BCUT2D eigenvalue weighted by atomic mass is 9.97. The fourth-order valence-corrected chi connectivity index (χ4v) is 9.46. The van der Waals surface area contributed by atoms with E-state index in [4.69, 9.17) is 32.7 Å². The maximum atomic E-state index is 12.6. The minimum absolute atomic E-state index is 0.0282. The molecule has 2 saturated carbocycles. The van der Waals surface area contributed by atoms with Crippen LogP contribution in [0.5, 0.6) is 0 Å². The second-order valence-corrected chi connectivity index (χ2v) is 15.9. The first-order chi connectivity index (χ1) is 21.2. The molecule has 4 aliphatic rings. The molecule has 2 saturated heterocycles. The highest BCUT2D eigenvalue weighted by atomic mass is 35.5. The van der Waals surface area contributed by atoms with E-state index in [1.165, 1.54) is 17.5 Å². The Labute approximate surface area is 267 Å². The lowest BCUT2D eigenvalue weighted by Gasteiger charge is -2.39. The molecule has 1 amide bonds. The Kier molecular flexibility index (Phi) is 7.09. The average Bonchev–Trinajstić information content (AvgIpc) is 3.92. The van der Waals surface area contributed by atoms with E-state index in [1.807, 2.05) is 18.2 Å². The van der Waals surface area contributed by atoms with Crippen molar-refractivity contribution in [2.45, 2.75) is 87.2 Å². The van der Waals surface area contributed by atoms with Crippen molar-refractivity contribution < 1.29 is 17.7 Å². The molecule has 2 aliphatic heterocycles. The average molecular weight is 675 g/mol. The maximum Gasteiger partial charge on any atom is 0.284 e. The summed E-state index contributed by atoms with van der Waals surface area (Å²) in [5.41, 5.74) is 2.88. The number of fused-ring (bicyclic) bond motifs is 3. The molecule has 2 unspecified atom stereocenters. The number of thiazole rings is 1. The molecule has 4 aromatic rings. The lowest BCUT2D eigenvalue weighted by Crippen LogP contribution is -2.49. The van der Waals surface area contributed by atoms with E-state index in [9.17, 15) is 13.2 Å². The molecule has 11 nitrogen and oxygen atoms in total. The summed E-state index contributed by atoms with van der Waals surface area (Å²) in [7, 11) is -3.67. The van der Waals surface area contributed by atoms with Gasteiger partial charge in [0.2, 0.25) is 10.0 Å². The number of amides is 1. The number of piperidine rings is 1. The number of benzene rings is 1. The zero-order valence-corrected chi connectivity index (χ0v) is 26.6. The molecule has 5 heterocycles. The number of sulfonamides is 1. The van der Waals surface area contributed by atoms with E-state index in [0.29, 0.717) is 75.2 Å². The monoisotopic (exact) mass is 673 g/mol. The van der Waals surface area contributed by atoms with Crippen LogP contribution in [0.3, 0.4) is 0 Å². The SMILES string of the molecule is O=C(NS(=O)(=O)C1CC1)c1cnc2nc(N3C4CCC3CC(NCc3c(-c5c(Cl)cccc5Cl)noc3C3CC3)C4)sc2n1. The van der Waals surface area contributed by atoms with E-state index in [2.05, 4.69) is 30.1 Å². The number of hydrogen-bond donors (Lipinski definition) is 2. The minimum Gasteiger partial charge on any atom is -0.360 e. The number of carbonyl (C=O) groups is 1.